The standard InChI is InChI=1S/C13H22N2O/c1-15(10-12-4-9-16-11-12)8-7-13(14)5-2-3-6-13/h4,9,11H,2-3,5-8,10,14H2,1H3. The lowest BCUT2D eigenvalue weighted by molar-refractivity contribution is 0.273. The van der Waals surface area contributed by atoms with Crippen LogP contribution in [0.1, 0.15) is 37.7 Å². The lowest BCUT2D eigenvalue weighted by Crippen LogP contribution is -2.39. The second-order valence-electron chi connectivity index (χ2n) is 5.19. The molecule has 0 atom stereocenters. The summed E-state index contributed by atoms with van der Waals surface area (Å²) < 4.78 is 5.06. The molecule has 3 nitrogen and oxygen atoms in total. The fourth-order valence-corrected chi connectivity index (χ4v) is 2.52. The molecule has 2 rings (SSSR count). The molecule has 1 aliphatic carbocycles. The average Bonchev–Trinajstić information content (AvgIpc) is 2.88. The summed E-state index contributed by atoms with van der Waals surface area (Å²) in [6.45, 7) is 2.02. The lowest BCUT2D eigenvalue weighted by atomic mass is 9.94. The van der Waals surface area contributed by atoms with Gasteiger partial charge in [-0.2, -0.15) is 0 Å². The Balaban J connectivity index is 1.73. The van der Waals surface area contributed by atoms with Crippen LogP contribution in [0.4, 0.5) is 0 Å². The van der Waals surface area contributed by atoms with E-state index in [2.05, 4.69) is 11.9 Å². The van der Waals surface area contributed by atoms with E-state index in [9.17, 15) is 0 Å². The third kappa shape index (κ3) is 3.09. The fourth-order valence-electron chi connectivity index (χ4n) is 2.52. The van der Waals surface area contributed by atoms with Crippen LogP contribution < -0.4 is 5.73 Å². The van der Waals surface area contributed by atoms with Gasteiger partial charge in [-0.1, -0.05) is 12.8 Å². The SMILES string of the molecule is CN(CCC1(N)CCCC1)Cc1ccoc1. The zero-order chi connectivity index (χ0) is 11.4. The highest BCUT2D eigenvalue weighted by molar-refractivity contribution is 5.04. The van der Waals surface area contributed by atoms with Gasteiger partial charge >= 0.3 is 0 Å². The van der Waals surface area contributed by atoms with Crippen LogP contribution in [0.25, 0.3) is 0 Å². The van der Waals surface area contributed by atoms with E-state index in [0.717, 1.165) is 19.5 Å². The van der Waals surface area contributed by atoms with Crippen molar-refractivity contribution < 1.29 is 4.42 Å². The Morgan fingerprint density at radius 1 is 1.44 bits per heavy atom. The lowest BCUT2D eigenvalue weighted by Gasteiger charge is -2.26. The number of nitrogens with zero attached hydrogens (tertiary/aromatic N) is 1. The topological polar surface area (TPSA) is 42.4 Å². The Morgan fingerprint density at radius 3 is 2.81 bits per heavy atom. The summed E-state index contributed by atoms with van der Waals surface area (Å²) >= 11 is 0. The molecule has 3 heteroatoms. The molecule has 2 N–H and O–H groups in total. The molecule has 90 valence electrons. The summed E-state index contributed by atoms with van der Waals surface area (Å²) in [6.07, 6.45) is 9.67. The number of hydrogen-bond acceptors (Lipinski definition) is 3. The number of furan rings is 1. The third-order valence-electron chi connectivity index (χ3n) is 3.62. The zero-order valence-electron chi connectivity index (χ0n) is 10.1. The summed E-state index contributed by atoms with van der Waals surface area (Å²) in [7, 11) is 2.14. The van der Waals surface area contributed by atoms with Gasteiger partial charge in [-0.3, -0.25) is 0 Å². The highest BCUT2D eigenvalue weighted by atomic mass is 16.3. The van der Waals surface area contributed by atoms with Crippen LogP contribution in [0.2, 0.25) is 0 Å². The van der Waals surface area contributed by atoms with Crippen molar-refractivity contribution in [3.8, 4) is 0 Å². The minimum absolute atomic E-state index is 0.116. The smallest absolute Gasteiger partial charge is 0.0947 e. The molecule has 1 aromatic rings. The molecule has 0 spiro atoms. The van der Waals surface area contributed by atoms with E-state index in [1.807, 2.05) is 12.3 Å². The molecule has 0 aliphatic heterocycles. The molecule has 1 aliphatic rings. The van der Waals surface area contributed by atoms with Crippen molar-refractivity contribution >= 4 is 0 Å². The zero-order valence-corrected chi connectivity index (χ0v) is 10.1. The summed E-state index contributed by atoms with van der Waals surface area (Å²) in [6, 6.07) is 2.02. The van der Waals surface area contributed by atoms with E-state index >= 15 is 0 Å². The summed E-state index contributed by atoms with van der Waals surface area (Å²) in [5.41, 5.74) is 7.69. The average molecular weight is 222 g/mol. The summed E-state index contributed by atoms with van der Waals surface area (Å²) in [5.74, 6) is 0. The van der Waals surface area contributed by atoms with Gasteiger partial charge < -0.3 is 15.1 Å². The molecule has 1 heterocycles. The van der Waals surface area contributed by atoms with Gasteiger partial charge in [0, 0.05) is 17.6 Å². The highest BCUT2D eigenvalue weighted by Crippen LogP contribution is 2.30. The summed E-state index contributed by atoms with van der Waals surface area (Å²) in [4.78, 5) is 2.32. The second kappa shape index (κ2) is 5.02. The molecule has 0 aromatic carbocycles. The normalized spacial score (nSPS) is 19.4. The molecule has 1 fully saturated rings. The van der Waals surface area contributed by atoms with Crippen LogP contribution in [0, 0.1) is 0 Å². The Hall–Kier alpha value is -0.800. The van der Waals surface area contributed by atoms with E-state index in [0.29, 0.717) is 0 Å². The number of hydrogen-bond donors (Lipinski definition) is 1. The minimum atomic E-state index is 0.116. The van der Waals surface area contributed by atoms with Gasteiger partial charge in [0.25, 0.3) is 0 Å². The maximum atomic E-state index is 6.34. The molecule has 1 aromatic heterocycles. The molecule has 0 radical (unpaired) electrons. The first kappa shape index (κ1) is 11.7. The molecule has 0 saturated heterocycles. The van der Waals surface area contributed by atoms with E-state index in [-0.39, 0.29) is 5.54 Å². The Labute approximate surface area is 97.6 Å². The van der Waals surface area contributed by atoms with Gasteiger partial charge in [-0.15, -0.1) is 0 Å². The molecule has 0 unspecified atom stereocenters. The van der Waals surface area contributed by atoms with E-state index in [4.69, 9.17) is 10.2 Å². The number of nitrogens with two attached hydrogens (primary N) is 1. The van der Waals surface area contributed by atoms with Crippen molar-refractivity contribution in [3.63, 3.8) is 0 Å². The van der Waals surface area contributed by atoms with E-state index in [1.165, 1.54) is 31.2 Å². The molecule has 16 heavy (non-hydrogen) atoms. The molecule has 0 bridgehead atoms. The van der Waals surface area contributed by atoms with Crippen molar-refractivity contribution in [1.29, 1.82) is 0 Å². The number of rotatable bonds is 5. The first-order valence-electron chi connectivity index (χ1n) is 6.16. The predicted molar refractivity (Wildman–Crippen MR) is 65.0 cm³/mol. The molecule has 1 saturated carbocycles. The highest BCUT2D eigenvalue weighted by Gasteiger charge is 2.28. The molecular weight excluding hydrogens is 200 g/mol. The van der Waals surface area contributed by atoms with Crippen LogP contribution in [0.15, 0.2) is 23.0 Å². The largest absolute Gasteiger partial charge is 0.472 e. The van der Waals surface area contributed by atoms with E-state index < -0.39 is 0 Å². The van der Waals surface area contributed by atoms with Gasteiger partial charge in [-0.25, -0.2) is 0 Å². The van der Waals surface area contributed by atoms with Crippen molar-refractivity contribution in [2.75, 3.05) is 13.6 Å². The van der Waals surface area contributed by atoms with Crippen LogP contribution in [0.5, 0.6) is 0 Å². The Morgan fingerprint density at radius 2 is 2.19 bits per heavy atom. The molecule has 0 amide bonds. The third-order valence-corrected chi connectivity index (χ3v) is 3.62. The van der Waals surface area contributed by atoms with Gasteiger partial charge in [0.15, 0.2) is 0 Å². The van der Waals surface area contributed by atoms with Gasteiger partial charge in [0.05, 0.1) is 12.5 Å². The maximum Gasteiger partial charge on any atom is 0.0947 e. The summed E-state index contributed by atoms with van der Waals surface area (Å²) in [5, 5.41) is 0. The second-order valence-corrected chi connectivity index (χ2v) is 5.19. The Kier molecular flexibility index (Phi) is 3.66. The van der Waals surface area contributed by atoms with Gasteiger partial charge in [-0.05, 0) is 38.9 Å². The minimum Gasteiger partial charge on any atom is -0.472 e. The first-order valence-corrected chi connectivity index (χ1v) is 6.16. The van der Waals surface area contributed by atoms with E-state index in [1.54, 1.807) is 6.26 Å². The van der Waals surface area contributed by atoms with Crippen LogP contribution in [0.3, 0.4) is 0 Å². The Bertz CT molecular complexity index is 302. The quantitative estimate of drug-likeness (QED) is 0.831. The van der Waals surface area contributed by atoms with Crippen LogP contribution in [-0.2, 0) is 6.54 Å². The maximum absolute atomic E-state index is 6.34. The van der Waals surface area contributed by atoms with Crippen molar-refractivity contribution in [2.45, 2.75) is 44.2 Å². The van der Waals surface area contributed by atoms with Crippen molar-refractivity contribution in [2.24, 2.45) is 5.73 Å². The predicted octanol–water partition coefficient (Wildman–Crippen LogP) is 2.37. The van der Waals surface area contributed by atoms with Crippen molar-refractivity contribution in [1.82, 2.24) is 4.90 Å². The van der Waals surface area contributed by atoms with Crippen LogP contribution >= 0.6 is 0 Å². The monoisotopic (exact) mass is 222 g/mol. The fraction of sp³-hybridized carbons (Fsp3) is 0.692. The van der Waals surface area contributed by atoms with Gasteiger partial charge in [0.2, 0.25) is 0 Å². The van der Waals surface area contributed by atoms with Crippen molar-refractivity contribution in [3.05, 3.63) is 24.2 Å². The first-order chi connectivity index (χ1) is 7.68. The molecular formula is C13H22N2O. The van der Waals surface area contributed by atoms with Crippen LogP contribution in [-0.4, -0.2) is 24.0 Å². The van der Waals surface area contributed by atoms with Gasteiger partial charge in [0.1, 0.15) is 0 Å².